The predicted molar refractivity (Wildman–Crippen MR) is 101 cm³/mol. The lowest BCUT2D eigenvalue weighted by molar-refractivity contribution is 0.0940. The van der Waals surface area contributed by atoms with Crippen LogP contribution in [0.1, 0.15) is 33.4 Å². The minimum Gasteiger partial charge on any atom is -0.461 e. The van der Waals surface area contributed by atoms with Gasteiger partial charge in [0.25, 0.3) is 5.91 Å². The van der Waals surface area contributed by atoms with Crippen molar-refractivity contribution in [2.24, 2.45) is 5.73 Å². The van der Waals surface area contributed by atoms with Gasteiger partial charge in [-0.25, -0.2) is 4.98 Å². The molecule has 2 aromatic carbocycles. The Hall–Kier alpha value is -4.02. The first kappa shape index (κ1) is 17.4. The summed E-state index contributed by atoms with van der Waals surface area (Å²) in [6.07, 6.45) is 1.51. The van der Waals surface area contributed by atoms with Crippen LogP contribution in [0.25, 0.3) is 11.6 Å². The second kappa shape index (κ2) is 7.31. The Bertz CT molecular complexity index is 1140. The van der Waals surface area contributed by atoms with Crippen molar-refractivity contribution in [2.75, 3.05) is 0 Å². The highest BCUT2D eigenvalue weighted by Gasteiger charge is 2.24. The fourth-order valence-corrected chi connectivity index (χ4v) is 2.80. The van der Waals surface area contributed by atoms with Gasteiger partial charge in [-0.3, -0.25) is 4.79 Å². The van der Waals surface area contributed by atoms with Crippen LogP contribution >= 0.6 is 0 Å². The topological polar surface area (TPSA) is 111 Å². The maximum absolute atomic E-state index is 13.0. The van der Waals surface area contributed by atoms with Gasteiger partial charge in [0, 0.05) is 5.56 Å². The van der Waals surface area contributed by atoms with Crippen LogP contribution in [0.5, 0.6) is 0 Å². The standard InChI is InChI=1S/C21H15N5O2/c22-13-14-8-10-15(11-9-14)18(23)20-24-19(17-7-4-12-28-17)25-26(20)21(27)16-5-2-1-3-6-16/h1-12,18H,23H2. The molecule has 0 saturated carbocycles. The van der Waals surface area contributed by atoms with E-state index in [-0.39, 0.29) is 17.6 Å². The zero-order valence-electron chi connectivity index (χ0n) is 14.7. The summed E-state index contributed by atoms with van der Waals surface area (Å²) >= 11 is 0. The number of rotatable bonds is 4. The molecule has 4 rings (SSSR count). The summed E-state index contributed by atoms with van der Waals surface area (Å²) in [6, 6.07) is 20.4. The summed E-state index contributed by atoms with van der Waals surface area (Å²) in [5, 5.41) is 13.3. The first-order valence-electron chi connectivity index (χ1n) is 8.53. The first-order valence-corrected chi connectivity index (χ1v) is 8.53. The molecule has 28 heavy (non-hydrogen) atoms. The van der Waals surface area contributed by atoms with E-state index in [0.29, 0.717) is 22.5 Å². The number of benzene rings is 2. The number of nitrogens with zero attached hydrogens (tertiary/aromatic N) is 4. The number of hydrogen-bond acceptors (Lipinski definition) is 6. The largest absolute Gasteiger partial charge is 0.461 e. The zero-order valence-corrected chi connectivity index (χ0v) is 14.7. The van der Waals surface area contributed by atoms with Gasteiger partial charge in [0.1, 0.15) is 0 Å². The molecule has 0 spiro atoms. The third-order valence-corrected chi connectivity index (χ3v) is 4.26. The van der Waals surface area contributed by atoms with E-state index >= 15 is 0 Å². The van der Waals surface area contributed by atoms with Crippen LogP contribution in [0, 0.1) is 11.3 Å². The molecule has 2 heterocycles. The van der Waals surface area contributed by atoms with Crippen molar-refractivity contribution in [3.63, 3.8) is 0 Å². The molecule has 0 saturated heterocycles. The number of aromatic nitrogens is 3. The number of furan rings is 1. The molecule has 7 nitrogen and oxygen atoms in total. The van der Waals surface area contributed by atoms with Gasteiger partial charge in [-0.15, -0.1) is 5.10 Å². The monoisotopic (exact) mass is 369 g/mol. The average Bonchev–Trinajstić information content (AvgIpc) is 3.43. The van der Waals surface area contributed by atoms with E-state index in [0.717, 1.165) is 0 Å². The van der Waals surface area contributed by atoms with E-state index in [9.17, 15) is 4.79 Å². The molecule has 2 N–H and O–H groups in total. The summed E-state index contributed by atoms with van der Waals surface area (Å²) in [5.41, 5.74) is 8.10. The van der Waals surface area contributed by atoms with E-state index in [1.807, 2.05) is 6.07 Å². The second-order valence-electron chi connectivity index (χ2n) is 6.07. The summed E-state index contributed by atoms with van der Waals surface area (Å²) in [5.74, 6) is 0.649. The highest BCUT2D eigenvalue weighted by molar-refractivity contribution is 5.95. The molecule has 0 bridgehead atoms. The van der Waals surface area contributed by atoms with E-state index < -0.39 is 6.04 Å². The van der Waals surface area contributed by atoms with Gasteiger partial charge < -0.3 is 10.2 Å². The van der Waals surface area contributed by atoms with Gasteiger partial charge in [-0.1, -0.05) is 30.3 Å². The molecular formula is C21H15N5O2. The lowest BCUT2D eigenvalue weighted by atomic mass is 10.1. The minimum absolute atomic E-state index is 0.272. The molecule has 136 valence electrons. The van der Waals surface area contributed by atoms with Crippen molar-refractivity contribution >= 4 is 5.91 Å². The fraction of sp³-hybridized carbons (Fsp3) is 0.0476. The van der Waals surface area contributed by atoms with Gasteiger partial charge in [-0.05, 0) is 42.0 Å². The van der Waals surface area contributed by atoms with E-state index in [4.69, 9.17) is 15.4 Å². The number of nitriles is 1. The maximum Gasteiger partial charge on any atom is 0.279 e. The van der Waals surface area contributed by atoms with Crippen molar-refractivity contribution in [1.29, 1.82) is 5.26 Å². The number of nitrogens with two attached hydrogens (primary N) is 1. The lowest BCUT2D eigenvalue weighted by Gasteiger charge is -2.12. The smallest absolute Gasteiger partial charge is 0.279 e. The normalized spacial score (nSPS) is 11.7. The predicted octanol–water partition coefficient (Wildman–Crippen LogP) is 3.15. The third-order valence-electron chi connectivity index (χ3n) is 4.26. The molecule has 2 aromatic heterocycles. The minimum atomic E-state index is -0.711. The number of hydrogen-bond donors (Lipinski definition) is 1. The van der Waals surface area contributed by atoms with Crippen LogP contribution < -0.4 is 5.73 Å². The zero-order chi connectivity index (χ0) is 19.5. The molecule has 0 fully saturated rings. The van der Waals surface area contributed by atoms with E-state index in [2.05, 4.69) is 16.2 Å². The summed E-state index contributed by atoms with van der Waals surface area (Å²) < 4.78 is 6.57. The Labute approximate surface area is 160 Å². The Morgan fingerprint density at radius 2 is 1.82 bits per heavy atom. The molecular weight excluding hydrogens is 354 g/mol. The summed E-state index contributed by atoms with van der Waals surface area (Å²) in [7, 11) is 0. The third kappa shape index (κ3) is 3.20. The molecule has 0 amide bonds. The van der Waals surface area contributed by atoms with Crippen molar-refractivity contribution < 1.29 is 9.21 Å². The Balaban J connectivity index is 1.80. The molecule has 0 aliphatic heterocycles. The lowest BCUT2D eigenvalue weighted by Crippen LogP contribution is -2.23. The van der Waals surface area contributed by atoms with Crippen LogP contribution in [-0.2, 0) is 0 Å². The van der Waals surface area contributed by atoms with Crippen molar-refractivity contribution in [3.05, 3.63) is 95.5 Å². The quantitative estimate of drug-likeness (QED) is 0.591. The summed E-state index contributed by atoms with van der Waals surface area (Å²) in [4.78, 5) is 17.5. The van der Waals surface area contributed by atoms with Crippen molar-refractivity contribution in [2.45, 2.75) is 6.04 Å². The van der Waals surface area contributed by atoms with Gasteiger partial charge in [0.05, 0.1) is 23.9 Å². The molecule has 4 aromatic rings. The van der Waals surface area contributed by atoms with Gasteiger partial charge in [-0.2, -0.15) is 9.94 Å². The molecule has 0 aliphatic rings. The molecule has 1 unspecified atom stereocenters. The Morgan fingerprint density at radius 1 is 1.07 bits per heavy atom. The first-order chi connectivity index (χ1) is 13.7. The van der Waals surface area contributed by atoms with Gasteiger partial charge in [0.2, 0.25) is 5.82 Å². The summed E-state index contributed by atoms with van der Waals surface area (Å²) in [6.45, 7) is 0. The molecule has 1 atom stereocenters. The molecule has 0 radical (unpaired) electrons. The van der Waals surface area contributed by atoms with Crippen LogP contribution in [0.4, 0.5) is 0 Å². The van der Waals surface area contributed by atoms with Crippen molar-refractivity contribution in [1.82, 2.24) is 14.8 Å². The van der Waals surface area contributed by atoms with E-state index in [1.165, 1.54) is 10.9 Å². The highest BCUT2D eigenvalue weighted by atomic mass is 16.3. The highest BCUT2D eigenvalue weighted by Crippen LogP contribution is 2.23. The second-order valence-corrected chi connectivity index (χ2v) is 6.07. The van der Waals surface area contributed by atoms with Crippen LogP contribution in [0.2, 0.25) is 0 Å². The molecule has 7 heteroatoms. The maximum atomic E-state index is 13.0. The van der Waals surface area contributed by atoms with Crippen LogP contribution in [0.3, 0.4) is 0 Å². The average molecular weight is 369 g/mol. The van der Waals surface area contributed by atoms with Crippen LogP contribution in [-0.4, -0.2) is 20.7 Å². The Kier molecular flexibility index (Phi) is 4.54. The fourth-order valence-electron chi connectivity index (χ4n) is 2.80. The van der Waals surface area contributed by atoms with Crippen LogP contribution in [0.15, 0.2) is 77.4 Å². The van der Waals surface area contributed by atoms with Crippen molar-refractivity contribution in [3.8, 4) is 17.7 Å². The number of carbonyl (C=O) groups is 1. The van der Waals surface area contributed by atoms with Gasteiger partial charge in [0.15, 0.2) is 11.6 Å². The van der Waals surface area contributed by atoms with Gasteiger partial charge >= 0.3 is 0 Å². The Morgan fingerprint density at radius 3 is 2.46 bits per heavy atom. The molecule has 0 aliphatic carbocycles. The SMILES string of the molecule is N#Cc1ccc(C(N)c2nc(-c3ccco3)nn2C(=O)c2ccccc2)cc1. The van der Waals surface area contributed by atoms with E-state index in [1.54, 1.807) is 60.7 Å². The number of carbonyl (C=O) groups excluding carboxylic acids is 1.